The van der Waals surface area contributed by atoms with E-state index in [-0.39, 0.29) is 0 Å². The van der Waals surface area contributed by atoms with Gasteiger partial charge in [0.05, 0.1) is 0 Å². The Morgan fingerprint density at radius 3 is 2.50 bits per heavy atom. The van der Waals surface area contributed by atoms with Crippen molar-refractivity contribution in [1.82, 2.24) is 9.97 Å². The summed E-state index contributed by atoms with van der Waals surface area (Å²) in [7, 11) is 0. The molecule has 0 saturated heterocycles. The fraction of sp³-hybridized carbons (Fsp3) is 0.200. The molecule has 0 amide bonds. The van der Waals surface area contributed by atoms with E-state index in [0.29, 0.717) is 5.92 Å². The molecule has 1 atom stereocenters. The van der Waals surface area contributed by atoms with Crippen LogP contribution in [0.4, 0.5) is 0 Å². The number of nitrogens with zero attached hydrogens (tertiary/aromatic N) is 2. The maximum absolute atomic E-state index is 4.23. The third-order valence-corrected chi connectivity index (χ3v) is 3.72. The number of benzene rings is 1. The molecule has 0 N–H and O–H groups in total. The zero-order valence-corrected chi connectivity index (χ0v) is 11.0. The number of aromatic nitrogens is 2. The molecule has 0 aliphatic rings. The Morgan fingerprint density at radius 1 is 1.11 bits per heavy atom. The molecule has 0 fully saturated rings. The fourth-order valence-electron chi connectivity index (χ4n) is 1.76. The summed E-state index contributed by atoms with van der Waals surface area (Å²) in [6.07, 6.45) is 6.51. The second kappa shape index (κ2) is 6.97. The molecular formula is C15H16N2S. The first kappa shape index (κ1) is 12.8. The summed E-state index contributed by atoms with van der Waals surface area (Å²) >= 11 is 1.69. The van der Waals surface area contributed by atoms with Gasteiger partial charge in [-0.1, -0.05) is 48.2 Å². The topological polar surface area (TPSA) is 25.8 Å². The molecule has 1 aromatic heterocycles. The van der Waals surface area contributed by atoms with Crippen molar-refractivity contribution in [3.63, 3.8) is 0 Å². The first-order valence-corrected chi connectivity index (χ1v) is 6.94. The maximum atomic E-state index is 4.23. The molecule has 0 radical (unpaired) electrons. The normalized spacial score (nSPS) is 12.0. The lowest BCUT2D eigenvalue weighted by Crippen LogP contribution is -2.01. The van der Waals surface area contributed by atoms with Crippen LogP contribution in [0.25, 0.3) is 0 Å². The number of allylic oxidation sites excluding steroid dienone is 1. The lowest BCUT2D eigenvalue weighted by molar-refractivity contribution is 0.791. The second-order valence-corrected chi connectivity index (χ2v) is 4.96. The molecule has 2 rings (SSSR count). The van der Waals surface area contributed by atoms with Crippen molar-refractivity contribution in [2.24, 2.45) is 0 Å². The van der Waals surface area contributed by atoms with E-state index in [0.717, 1.165) is 17.3 Å². The molecule has 2 aromatic rings. The number of hydrogen-bond acceptors (Lipinski definition) is 3. The van der Waals surface area contributed by atoms with Crippen molar-refractivity contribution in [3.05, 3.63) is 67.0 Å². The molecule has 1 unspecified atom stereocenters. The summed E-state index contributed by atoms with van der Waals surface area (Å²) in [5.74, 6) is 1.44. The van der Waals surface area contributed by atoms with E-state index in [4.69, 9.17) is 0 Å². The van der Waals surface area contributed by atoms with Crippen LogP contribution in [0.3, 0.4) is 0 Å². The zero-order valence-electron chi connectivity index (χ0n) is 10.2. The molecule has 1 aromatic carbocycles. The minimum Gasteiger partial charge on any atom is -0.231 e. The van der Waals surface area contributed by atoms with Crippen LogP contribution in [0.5, 0.6) is 0 Å². The maximum Gasteiger partial charge on any atom is 0.187 e. The SMILES string of the molecule is C=CCC(CSc1ncccn1)c1ccccc1. The van der Waals surface area contributed by atoms with Gasteiger partial charge < -0.3 is 0 Å². The van der Waals surface area contributed by atoms with Crippen LogP contribution < -0.4 is 0 Å². The molecule has 18 heavy (non-hydrogen) atoms. The van der Waals surface area contributed by atoms with Gasteiger partial charge in [-0.05, 0) is 24.0 Å². The molecule has 0 aliphatic heterocycles. The predicted octanol–water partition coefficient (Wildman–Crippen LogP) is 3.93. The lowest BCUT2D eigenvalue weighted by Gasteiger charge is -2.14. The first-order chi connectivity index (χ1) is 8.90. The third kappa shape index (κ3) is 3.70. The monoisotopic (exact) mass is 256 g/mol. The fourth-order valence-corrected chi connectivity index (χ4v) is 2.71. The van der Waals surface area contributed by atoms with Gasteiger partial charge in [0, 0.05) is 18.1 Å². The van der Waals surface area contributed by atoms with Crippen molar-refractivity contribution in [3.8, 4) is 0 Å². The van der Waals surface area contributed by atoms with Gasteiger partial charge in [-0.3, -0.25) is 0 Å². The van der Waals surface area contributed by atoms with E-state index >= 15 is 0 Å². The van der Waals surface area contributed by atoms with Crippen LogP contribution >= 0.6 is 11.8 Å². The minimum atomic E-state index is 0.470. The minimum absolute atomic E-state index is 0.470. The highest BCUT2D eigenvalue weighted by Crippen LogP contribution is 2.26. The van der Waals surface area contributed by atoms with Crippen LogP contribution in [0, 0.1) is 0 Å². The van der Waals surface area contributed by atoms with E-state index in [1.54, 1.807) is 24.2 Å². The molecule has 0 spiro atoms. The van der Waals surface area contributed by atoms with Crippen LogP contribution in [-0.2, 0) is 0 Å². The summed E-state index contributed by atoms with van der Waals surface area (Å²) in [5, 5.41) is 0.836. The van der Waals surface area contributed by atoms with E-state index in [2.05, 4.69) is 40.8 Å². The smallest absolute Gasteiger partial charge is 0.187 e. The highest BCUT2D eigenvalue weighted by molar-refractivity contribution is 7.99. The molecule has 1 heterocycles. The Bertz CT molecular complexity index is 470. The highest BCUT2D eigenvalue weighted by atomic mass is 32.2. The van der Waals surface area contributed by atoms with Crippen molar-refractivity contribution >= 4 is 11.8 Å². The Balaban J connectivity index is 2.01. The van der Waals surface area contributed by atoms with Crippen molar-refractivity contribution in [2.45, 2.75) is 17.5 Å². The van der Waals surface area contributed by atoms with E-state index < -0.39 is 0 Å². The largest absolute Gasteiger partial charge is 0.231 e. The van der Waals surface area contributed by atoms with Crippen LogP contribution in [0.1, 0.15) is 17.9 Å². The number of thioether (sulfide) groups is 1. The van der Waals surface area contributed by atoms with E-state index in [1.165, 1.54) is 5.56 Å². The van der Waals surface area contributed by atoms with Gasteiger partial charge >= 0.3 is 0 Å². The molecule has 2 nitrogen and oxygen atoms in total. The summed E-state index contributed by atoms with van der Waals surface area (Å²) in [6, 6.07) is 12.4. The molecule has 92 valence electrons. The summed E-state index contributed by atoms with van der Waals surface area (Å²) in [4.78, 5) is 8.46. The molecule has 0 bridgehead atoms. The predicted molar refractivity (Wildman–Crippen MR) is 76.8 cm³/mol. The van der Waals surface area contributed by atoms with Gasteiger partial charge in [0.2, 0.25) is 0 Å². The Labute approximate surface area is 112 Å². The van der Waals surface area contributed by atoms with Gasteiger partial charge in [0.15, 0.2) is 5.16 Å². The highest BCUT2D eigenvalue weighted by Gasteiger charge is 2.10. The number of rotatable bonds is 6. The van der Waals surface area contributed by atoms with E-state index in [1.807, 2.05) is 18.2 Å². The van der Waals surface area contributed by atoms with Gasteiger partial charge in [0.25, 0.3) is 0 Å². The molecular weight excluding hydrogens is 240 g/mol. The standard InChI is InChI=1S/C15H16N2S/c1-2-7-14(13-8-4-3-5-9-13)12-18-15-16-10-6-11-17-15/h2-6,8-11,14H,1,7,12H2. The Hall–Kier alpha value is -1.61. The van der Waals surface area contributed by atoms with Crippen molar-refractivity contribution in [2.75, 3.05) is 5.75 Å². The molecule has 3 heteroatoms. The van der Waals surface area contributed by atoms with Gasteiger partial charge in [-0.25, -0.2) is 9.97 Å². The van der Waals surface area contributed by atoms with Crippen molar-refractivity contribution in [1.29, 1.82) is 0 Å². The van der Waals surface area contributed by atoms with Crippen LogP contribution in [0.15, 0.2) is 66.6 Å². The average molecular weight is 256 g/mol. The third-order valence-electron chi connectivity index (χ3n) is 2.68. The Morgan fingerprint density at radius 2 is 1.83 bits per heavy atom. The summed E-state index contributed by atoms with van der Waals surface area (Å²) in [5.41, 5.74) is 1.35. The second-order valence-electron chi connectivity index (χ2n) is 3.97. The number of hydrogen-bond donors (Lipinski definition) is 0. The van der Waals surface area contributed by atoms with Crippen molar-refractivity contribution < 1.29 is 0 Å². The molecule has 0 saturated carbocycles. The first-order valence-electron chi connectivity index (χ1n) is 5.96. The van der Waals surface area contributed by atoms with Crippen LogP contribution in [0.2, 0.25) is 0 Å². The quantitative estimate of drug-likeness (QED) is 0.445. The van der Waals surface area contributed by atoms with Gasteiger partial charge in [0.1, 0.15) is 0 Å². The molecule has 0 aliphatic carbocycles. The van der Waals surface area contributed by atoms with E-state index in [9.17, 15) is 0 Å². The lowest BCUT2D eigenvalue weighted by atomic mass is 9.98. The zero-order chi connectivity index (χ0) is 12.6. The van der Waals surface area contributed by atoms with Crippen LogP contribution in [-0.4, -0.2) is 15.7 Å². The summed E-state index contributed by atoms with van der Waals surface area (Å²) in [6.45, 7) is 3.84. The van der Waals surface area contributed by atoms with Gasteiger partial charge in [-0.2, -0.15) is 0 Å². The average Bonchev–Trinajstić information content (AvgIpc) is 2.45. The van der Waals surface area contributed by atoms with Gasteiger partial charge in [-0.15, -0.1) is 6.58 Å². The summed E-state index contributed by atoms with van der Waals surface area (Å²) < 4.78 is 0. The Kier molecular flexibility index (Phi) is 4.97.